The number of fused-ring (bicyclic) bond motifs is 2. The number of nitrogens with two attached hydrogens (primary N) is 1. The molecule has 2 rings (SSSR count). The van der Waals surface area contributed by atoms with Gasteiger partial charge in [0, 0.05) is 13.1 Å². The van der Waals surface area contributed by atoms with E-state index < -0.39 is 0 Å². The summed E-state index contributed by atoms with van der Waals surface area (Å²) in [6, 6.07) is 0.299. The van der Waals surface area contributed by atoms with E-state index in [1.54, 1.807) is 0 Å². The fourth-order valence-electron chi connectivity index (χ4n) is 2.97. The standard InChI is InChI=1S/C11H20N2S/c1-8(11(12)14)13-6-9-3-2-4-10(5-9)7-13/h8-10H,2-7H2,1H3,(H2,12,14). The van der Waals surface area contributed by atoms with Crippen LogP contribution in [0.4, 0.5) is 0 Å². The highest BCUT2D eigenvalue weighted by Crippen LogP contribution is 2.34. The molecule has 0 amide bonds. The van der Waals surface area contributed by atoms with Crippen molar-refractivity contribution in [2.45, 2.75) is 38.6 Å². The lowest BCUT2D eigenvalue weighted by molar-refractivity contribution is 0.0770. The van der Waals surface area contributed by atoms with Gasteiger partial charge in [0.2, 0.25) is 0 Å². The van der Waals surface area contributed by atoms with Crippen molar-refractivity contribution in [1.29, 1.82) is 0 Å². The summed E-state index contributed by atoms with van der Waals surface area (Å²) >= 11 is 5.07. The molecule has 0 aromatic carbocycles. The summed E-state index contributed by atoms with van der Waals surface area (Å²) < 4.78 is 0. The normalized spacial score (nSPS) is 35.2. The molecule has 1 saturated heterocycles. The Morgan fingerprint density at radius 3 is 2.43 bits per heavy atom. The van der Waals surface area contributed by atoms with Gasteiger partial charge in [0.05, 0.1) is 11.0 Å². The average molecular weight is 212 g/mol. The second kappa shape index (κ2) is 4.15. The number of hydrogen-bond acceptors (Lipinski definition) is 2. The molecule has 2 N–H and O–H groups in total. The zero-order valence-electron chi connectivity index (χ0n) is 8.91. The van der Waals surface area contributed by atoms with Crippen molar-refractivity contribution >= 4 is 17.2 Å². The van der Waals surface area contributed by atoms with Gasteiger partial charge in [-0.3, -0.25) is 4.90 Å². The van der Waals surface area contributed by atoms with Crippen molar-refractivity contribution < 1.29 is 0 Å². The number of thiocarbonyl (C=S) groups is 1. The summed E-state index contributed by atoms with van der Waals surface area (Å²) in [6.45, 7) is 4.58. The highest BCUT2D eigenvalue weighted by atomic mass is 32.1. The van der Waals surface area contributed by atoms with Gasteiger partial charge in [-0.15, -0.1) is 0 Å². The maximum Gasteiger partial charge on any atom is 0.0899 e. The van der Waals surface area contributed by atoms with E-state index in [-0.39, 0.29) is 0 Å². The van der Waals surface area contributed by atoms with Crippen molar-refractivity contribution in [1.82, 2.24) is 4.90 Å². The largest absolute Gasteiger partial charge is 0.392 e. The van der Waals surface area contributed by atoms with Gasteiger partial charge >= 0.3 is 0 Å². The molecule has 0 radical (unpaired) electrons. The van der Waals surface area contributed by atoms with Crippen LogP contribution in [0.15, 0.2) is 0 Å². The van der Waals surface area contributed by atoms with Gasteiger partial charge in [-0.25, -0.2) is 0 Å². The van der Waals surface area contributed by atoms with E-state index in [0.29, 0.717) is 11.0 Å². The van der Waals surface area contributed by atoms with Crippen LogP contribution in [-0.2, 0) is 0 Å². The minimum Gasteiger partial charge on any atom is -0.392 e. The van der Waals surface area contributed by atoms with Crippen LogP contribution in [0.25, 0.3) is 0 Å². The fourth-order valence-corrected chi connectivity index (χ4v) is 3.12. The number of rotatable bonds is 2. The highest BCUT2D eigenvalue weighted by Gasteiger charge is 2.32. The molecule has 1 saturated carbocycles. The van der Waals surface area contributed by atoms with Crippen molar-refractivity contribution in [3.05, 3.63) is 0 Å². The summed E-state index contributed by atoms with van der Waals surface area (Å²) in [7, 11) is 0. The molecule has 2 nitrogen and oxygen atoms in total. The summed E-state index contributed by atoms with van der Waals surface area (Å²) in [5.74, 6) is 1.83. The minimum atomic E-state index is 0.299. The molecule has 0 aromatic heterocycles. The van der Waals surface area contributed by atoms with E-state index >= 15 is 0 Å². The van der Waals surface area contributed by atoms with Crippen LogP contribution in [0.5, 0.6) is 0 Å². The van der Waals surface area contributed by atoms with E-state index in [1.807, 2.05) is 0 Å². The van der Waals surface area contributed by atoms with Crippen LogP contribution in [0.3, 0.4) is 0 Å². The van der Waals surface area contributed by atoms with Gasteiger partial charge < -0.3 is 5.73 Å². The van der Waals surface area contributed by atoms with E-state index in [0.717, 1.165) is 11.8 Å². The van der Waals surface area contributed by atoms with Crippen LogP contribution in [0, 0.1) is 11.8 Å². The number of likely N-dealkylation sites (tertiary alicyclic amines) is 1. The topological polar surface area (TPSA) is 29.3 Å². The molecule has 2 aliphatic rings. The van der Waals surface area contributed by atoms with Gasteiger partial charge in [-0.05, 0) is 38.0 Å². The molecule has 1 aliphatic heterocycles. The van der Waals surface area contributed by atoms with Crippen LogP contribution < -0.4 is 5.73 Å². The van der Waals surface area contributed by atoms with Crippen LogP contribution in [-0.4, -0.2) is 29.0 Å². The smallest absolute Gasteiger partial charge is 0.0899 e. The van der Waals surface area contributed by atoms with Gasteiger partial charge in [0.1, 0.15) is 0 Å². The maximum atomic E-state index is 5.71. The molecule has 3 atom stereocenters. The van der Waals surface area contributed by atoms with Gasteiger partial charge in [0.25, 0.3) is 0 Å². The Hall–Kier alpha value is -0.150. The molecule has 3 unspecified atom stereocenters. The lowest BCUT2D eigenvalue weighted by Crippen LogP contribution is -2.50. The van der Waals surface area contributed by atoms with Crippen molar-refractivity contribution in [3.63, 3.8) is 0 Å². The van der Waals surface area contributed by atoms with E-state index in [9.17, 15) is 0 Å². The fraction of sp³-hybridized carbons (Fsp3) is 0.909. The minimum absolute atomic E-state index is 0.299. The summed E-state index contributed by atoms with van der Waals surface area (Å²) in [4.78, 5) is 3.14. The number of hydrogen-bond donors (Lipinski definition) is 1. The molecule has 3 heteroatoms. The van der Waals surface area contributed by atoms with E-state index in [2.05, 4.69) is 11.8 Å². The van der Waals surface area contributed by atoms with Crippen LogP contribution in [0.1, 0.15) is 32.6 Å². The molecular weight excluding hydrogens is 192 g/mol. The third-order valence-corrected chi connectivity index (χ3v) is 4.18. The van der Waals surface area contributed by atoms with Crippen LogP contribution >= 0.6 is 12.2 Å². The summed E-state index contributed by atoms with van der Waals surface area (Å²) in [6.07, 6.45) is 5.71. The zero-order chi connectivity index (χ0) is 10.1. The SMILES string of the molecule is CC(C(N)=S)N1CC2CCCC(C2)C1. The third-order valence-electron chi connectivity index (χ3n) is 3.84. The highest BCUT2D eigenvalue weighted by molar-refractivity contribution is 7.80. The summed E-state index contributed by atoms with van der Waals surface area (Å²) in [5.41, 5.74) is 5.71. The number of nitrogens with zero attached hydrogens (tertiary/aromatic N) is 1. The first-order chi connectivity index (χ1) is 6.66. The first-order valence-electron chi connectivity index (χ1n) is 5.70. The maximum absolute atomic E-state index is 5.71. The first-order valence-corrected chi connectivity index (χ1v) is 6.11. The Balaban J connectivity index is 1.98. The molecule has 80 valence electrons. The second-order valence-electron chi connectivity index (χ2n) is 4.93. The molecule has 0 spiro atoms. The molecule has 1 heterocycles. The quantitative estimate of drug-likeness (QED) is 0.708. The average Bonchev–Trinajstić information content (AvgIpc) is 2.15. The molecule has 1 aliphatic carbocycles. The Labute approximate surface area is 91.8 Å². The van der Waals surface area contributed by atoms with Crippen molar-refractivity contribution in [3.8, 4) is 0 Å². The number of piperidine rings is 1. The first kappa shape index (κ1) is 10.4. The predicted molar refractivity (Wildman–Crippen MR) is 63.3 cm³/mol. The Bertz CT molecular complexity index is 217. The zero-order valence-corrected chi connectivity index (χ0v) is 9.72. The van der Waals surface area contributed by atoms with E-state index in [4.69, 9.17) is 18.0 Å². The Morgan fingerprint density at radius 1 is 1.36 bits per heavy atom. The second-order valence-corrected chi connectivity index (χ2v) is 5.40. The third kappa shape index (κ3) is 2.09. The predicted octanol–water partition coefficient (Wildman–Crippen LogP) is 1.78. The summed E-state index contributed by atoms with van der Waals surface area (Å²) in [5, 5.41) is 0. The van der Waals surface area contributed by atoms with Gasteiger partial charge in [-0.1, -0.05) is 18.6 Å². The Kier molecular flexibility index (Phi) is 3.07. The van der Waals surface area contributed by atoms with Gasteiger partial charge in [-0.2, -0.15) is 0 Å². The molecular formula is C11H20N2S. The molecule has 14 heavy (non-hydrogen) atoms. The Morgan fingerprint density at radius 2 is 1.93 bits per heavy atom. The molecule has 0 aromatic rings. The molecule has 2 fully saturated rings. The molecule has 2 bridgehead atoms. The van der Waals surface area contributed by atoms with Crippen molar-refractivity contribution in [2.75, 3.05) is 13.1 Å². The van der Waals surface area contributed by atoms with Crippen molar-refractivity contribution in [2.24, 2.45) is 17.6 Å². The lowest BCUT2D eigenvalue weighted by Gasteiger charge is -2.43. The van der Waals surface area contributed by atoms with Gasteiger partial charge in [0.15, 0.2) is 0 Å². The van der Waals surface area contributed by atoms with E-state index in [1.165, 1.54) is 38.8 Å². The monoisotopic (exact) mass is 212 g/mol. The van der Waals surface area contributed by atoms with Crippen LogP contribution in [0.2, 0.25) is 0 Å². The lowest BCUT2D eigenvalue weighted by atomic mass is 9.77.